The summed E-state index contributed by atoms with van der Waals surface area (Å²) < 4.78 is 35.0. The van der Waals surface area contributed by atoms with Gasteiger partial charge < -0.3 is 14.5 Å². The van der Waals surface area contributed by atoms with Crippen LogP contribution in [0.2, 0.25) is 0 Å². The van der Waals surface area contributed by atoms with Crippen molar-refractivity contribution in [1.82, 2.24) is 9.97 Å². The minimum Gasteiger partial charge on any atom is -0.395 e. The van der Waals surface area contributed by atoms with Crippen LogP contribution >= 0.6 is 11.8 Å². The number of ether oxygens (including phenoxy) is 2. The fraction of sp³-hybridized carbons (Fsp3) is 0.176. The Morgan fingerprint density at radius 2 is 2.15 bits per heavy atom. The second-order valence-corrected chi connectivity index (χ2v) is 6.94. The molecule has 0 saturated heterocycles. The van der Waals surface area contributed by atoms with Gasteiger partial charge in [0.1, 0.15) is 0 Å². The summed E-state index contributed by atoms with van der Waals surface area (Å²) in [6, 6.07) is 2.71. The lowest BCUT2D eigenvalue weighted by molar-refractivity contribution is -0.286. The third-order valence-corrected chi connectivity index (χ3v) is 5.37. The number of amides is 1. The Bertz CT molecular complexity index is 996. The number of hydrogen-bond donors (Lipinski definition) is 2. The van der Waals surface area contributed by atoms with Gasteiger partial charge in [0.15, 0.2) is 11.5 Å². The summed E-state index contributed by atoms with van der Waals surface area (Å²) in [4.78, 5) is 20.8. The van der Waals surface area contributed by atoms with E-state index in [1.54, 1.807) is 11.8 Å². The Hall–Kier alpha value is -2.81. The molecule has 1 aliphatic carbocycles. The summed E-state index contributed by atoms with van der Waals surface area (Å²) in [5.41, 5.74) is 1.52. The monoisotopic (exact) mass is 375 g/mol. The van der Waals surface area contributed by atoms with E-state index in [2.05, 4.69) is 24.8 Å². The molecule has 1 aromatic heterocycles. The van der Waals surface area contributed by atoms with Crippen molar-refractivity contribution in [1.29, 1.82) is 0 Å². The molecule has 0 radical (unpaired) electrons. The molecular weight excluding hydrogens is 364 g/mol. The summed E-state index contributed by atoms with van der Waals surface area (Å²) in [5.74, 6) is -0.114. The number of allylic oxidation sites excluding steroid dienone is 4. The molecule has 26 heavy (non-hydrogen) atoms. The molecule has 1 amide bonds. The highest BCUT2D eigenvalue weighted by atomic mass is 32.2. The number of imidazole rings is 1. The van der Waals surface area contributed by atoms with Crippen molar-refractivity contribution in [2.45, 2.75) is 12.7 Å². The number of aromatic nitrogens is 2. The first-order chi connectivity index (χ1) is 12.5. The Labute approximate surface area is 149 Å². The number of aromatic amines is 1. The number of hydrogen-bond acceptors (Lipinski definition) is 5. The third-order valence-electron chi connectivity index (χ3n) is 4.31. The molecule has 3 aliphatic rings. The number of carbonyl (C=O) groups excluding carboxylic acids is 1. The number of rotatable bonds is 2. The molecule has 1 aromatic carbocycles. The average molecular weight is 375 g/mol. The molecule has 6 nitrogen and oxygen atoms in total. The second-order valence-electron chi connectivity index (χ2n) is 6.00. The molecule has 0 spiro atoms. The average Bonchev–Trinajstić information content (AvgIpc) is 3.24. The zero-order chi connectivity index (χ0) is 17.9. The van der Waals surface area contributed by atoms with Crippen LogP contribution in [-0.2, 0) is 4.79 Å². The Balaban J connectivity index is 1.38. The largest absolute Gasteiger partial charge is 0.586 e. The van der Waals surface area contributed by atoms with Crippen molar-refractivity contribution in [2.24, 2.45) is 5.92 Å². The smallest absolute Gasteiger partial charge is 0.395 e. The fourth-order valence-electron chi connectivity index (χ4n) is 3.13. The van der Waals surface area contributed by atoms with Gasteiger partial charge in [-0.3, -0.25) is 10.1 Å². The van der Waals surface area contributed by atoms with Gasteiger partial charge in [-0.25, -0.2) is 4.98 Å². The highest BCUT2D eigenvalue weighted by Crippen LogP contribution is 2.44. The minimum atomic E-state index is -3.68. The number of alkyl halides is 2. The molecule has 0 bridgehead atoms. The molecular formula is C17H11F2N3O3S. The number of anilines is 1. The molecule has 2 aromatic rings. The van der Waals surface area contributed by atoms with Gasteiger partial charge in [-0.05, 0) is 16.7 Å². The standard InChI is InChI=1S/C17H11F2N3O3S/c18-17(19)24-12-5-10-11(6-13(12)25-17)21-16(20-10)22-15(23)9-7-26-14-4-2-1-3-8(9)14/h1-2,4-8H,3H2,(H2,20,21,22,23). The van der Waals surface area contributed by atoms with E-state index in [4.69, 9.17) is 0 Å². The van der Waals surface area contributed by atoms with Gasteiger partial charge in [-0.2, -0.15) is 0 Å². The first-order valence-electron chi connectivity index (χ1n) is 7.83. The number of carbonyl (C=O) groups is 1. The van der Waals surface area contributed by atoms with Crippen LogP contribution in [0.1, 0.15) is 6.42 Å². The van der Waals surface area contributed by atoms with Crippen molar-refractivity contribution < 1.29 is 23.0 Å². The summed E-state index contributed by atoms with van der Waals surface area (Å²) in [7, 11) is 0. The van der Waals surface area contributed by atoms with Crippen molar-refractivity contribution >= 4 is 34.7 Å². The van der Waals surface area contributed by atoms with Crippen LogP contribution in [0.25, 0.3) is 11.0 Å². The van der Waals surface area contributed by atoms with E-state index in [9.17, 15) is 13.6 Å². The number of nitrogens with zero attached hydrogens (tertiary/aromatic N) is 1. The van der Waals surface area contributed by atoms with E-state index in [0.717, 1.165) is 11.3 Å². The molecule has 1 atom stereocenters. The van der Waals surface area contributed by atoms with Crippen molar-refractivity contribution in [3.05, 3.63) is 46.2 Å². The van der Waals surface area contributed by atoms with Gasteiger partial charge in [0, 0.05) is 23.6 Å². The zero-order valence-electron chi connectivity index (χ0n) is 13.1. The lowest BCUT2D eigenvalue weighted by Crippen LogP contribution is -2.25. The third kappa shape index (κ3) is 2.47. The molecule has 0 fully saturated rings. The number of nitrogens with one attached hydrogen (secondary N) is 2. The number of H-pyrrole nitrogens is 1. The minimum absolute atomic E-state index is 0.0715. The molecule has 3 heterocycles. The lowest BCUT2D eigenvalue weighted by Gasteiger charge is -2.15. The number of halogens is 2. The van der Waals surface area contributed by atoms with E-state index >= 15 is 0 Å². The van der Waals surface area contributed by atoms with Gasteiger partial charge in [0.2, 0.25) is 5.95 Å². The van der Waals surface area contributed by atoms with E-state index < -0.39 is 6.29 Å². The Morgan fingerprint density at radius 3 is 3.00 bits per heavy atom. The summed E-state index contributed by atoms with van der Waals surface area (Å²) >= 11 is 1.54. The lowest BCUT2D eigenvalue weighted by atomic mass is 9.93. The molecule has 9 heteroatoms. The van der Waals surface area contributed by atoms with E-state index in [-0.39, 0.29) is 29.3 Å². The molecule has 2 aliphatic heterocycles. The van der Waals surface area contributed by atoms with Gasteiger partial charge >= 0.3 is 6.29 Å². The van der Waals surface area contributed by atoms with Crippen LogP contribution in [-0.4, -0.2) is 22.2 Å². The number of benzene rings is 1. The van der Waals surface area contributed by atoms with Gasteiger partial charge in [-0.1, -0.05) is 18.2 Å². The normalized spacial score (nSPS) is 22.2. The maximum atomic E-state index is 13.1. The highest BCUT2D eigenvalue weighted by Gasteiger charge is 2.43. The predicted octanol–water partition coefficient (Wildman–Crippen LogP) is 3.91. The van der Waals surface area contributed by atoms with Gasteiger partial charge in [-0.15, -0.1) is 20.5 Å². The maximum Gasteiger partial charge on any atom is 0.586 e. The topological polar surface area (TPSA) is 76.2 Å². The summed E-state index contributed by atoms with van der Waals surface area (Å²) in [6.07, 6.45) is 3.13. The SMILES string of the molecule is O=C(Nc1nc2cc3c(cc2[nH]1)OC(F)(F)O3)C1=CSC2=CC=CCC21. The maximum absolute atomic E-state index is 13.1. The number of fused-ring (bicyclic) bond motifs is 3. The van der Waals surface area contributed by atoms with Crippen LogP contribution in [0.3, 0.4) is 0 Å². The van der Waals surface area contributed by atoms with E-state index in [0.29, 0.717) is 16.6 Å². The van der Waals surface area contributed by atoms with Crippen LogP contribution < -0.4 is 14.8 Å². The van der Waals surface area contributed by atoms with E-state index in [1.807, 2.05) is 23.6 Å². The predicted molar refractivity (Wildman–Crippen MR) is 91.9 cm³/mol. The second kappa shape index (κ2) is 5.34. The first-order valence-corrected chi connectivity index (χ1v) is 8.71. The van der Waals surface area contributed by atoms with Crippen LogP contribution in [0.5, 0.6) is 11.5 Å². The Morgan fingerprint density at radius 1 is 1.35 bits per heavy atom. The van der Waals surface area contributed by atoms with Crippen molar-refractivity contribution in [2.75, 3.05) is 5.32 Å². The molecule has 132 valence electrons. The molecule has 0 saturated carbocycles. The molecule has 1 unspecified atom stereocenters. The Kier molecular flexibility index (Phi) is 3.17. The van der Waals surface area contributed by atoms with Crippen LogP contribution in [0.4, 0.5) is 14.7 Å². The first kappa shape index (κ1) is 15.4. The highest BCUT2D eigenvalue weighted by molar-refractivity contribution is 8.06. The van der Waals surface area contributed by atoms with E-state index in [1.165, 1.54) is 12.1 Å². The quantitative estimate of drug-likeness (QED) is 0.832. The van der Waals surface area contributed by atoms with Crippen molar-refractivity contribution in [3.63, 3.8) is 0 Å². The number of thioether (sulfide) groups is 1. The van der Waals surface area contributed by atoms with Crippen molar-refractivity contribution in [3.8, 4) is 11.5 Å². The van der Waals surface area contributed by atoms with Crippen LogP contribution in [0, 0.1) is 5.92 Å². The van der Waals surface area contributed by atoms with Gasteiger partial charge in [0.05, 0.1) is 11.0 Å². The van der Waals surface area contributed by atoms with Gasteiger partial charge in [0.25, 0.3) is 5.91 Å². The summed E-state index contributed by atoms with van der Waals surface area (Å²) in [5, 5.41) is 4.58. The fourth-order valence-corrected chi connectivity index (χ4v) is 4.21. The summed E-state index contributed by atoms with van der Waals surface area (Å²) in [6.45, 7) is 0. The molecule has 2 N–H and O–H groups in total. The van der Waals surface area contributed by atoms with Crippen LogP contribution in [0.15, 0.2) is 46.2 Å². The molecule has 5 rings (SSSR count). The zero-order valence-corrected chi connectivity index (χ0v) is 13.9.